The van der Waals surface area contributed by atoms with Crippen molar-refractivity contribution in [2.45, 2.75) is 52.0 Å². The van der Waals surface area contributed by atoms with Crippen LogP contribution in [0.4, 0.5) is 11.6 Å². The molecule has 2 saturated carbocycles. The summed E-state index contributed by atoms with van der Waals surface area (Å²) in [5.74, 6) is 4.55. The summed E-state index contributed by atoms with van der Waals surface area (Å²) >= 11 is 0. The molecule has 3 rings (SSSR count). The number of nitrogens with one attached hydrogen (secondary N) is 2. The molecule has 0 spiro atoms. The summed E-state index contributed by atoms with van der Waals surface area (Å²) in [5.41, 5.74) is 0. The van der Waals surface area contributed by atoms with Crippen molar-refractivity contribution in [1.82, 2.24) is 9.97 Å². The molecule has 1 aromatic rings. The summed E-state index contributed by atoms with van der Waals surface area (Å²) in [4.78, 5) is 8.98. The van der Waals surface area contributed by atoms with E-state index in [1.165, 1.54) is 25.7 Å². The fraction of sp³-hybridized carbons (Fsp3) is 0.733. The average Bonchev–Trinajstić information content (AvgIpc) is 3.27. The van der Waals surface area contributed by atoms with E-state index in [1.54, 1.807) is 0 Å². The number of hydrogen-bond acceptors (Lipinski definition) is 4. The number of hydrogen-bond donors (Lipinski definition) is 2. The number of aromatic nitrogens is 2. The Kier molecular flexibility index (Phi) is 3.58. The van der Waals surface area contributed by atoms with Gasteiger partial charge in [-0.05, 0) is 50.9 Å². The van der Waals surface area contributed by atoms with Gasteiger partial charge in [0, 0.05) is 18.7 Å². The van der Waals surface area contributed by atoms with Gasteiger partial charge >= 0.3 is 0 Å². The van der Waals surface area contributed by atoms with E-state index in [2.05, 4.69) is 33.6 Å². The molecule has 1 heterocycles. The predicted molar refractivity (Wildman–Crippen MR) is 78.4 cm³/mol. The summed E-state index contributed by atoms with van der Waals surface area (Å²) in [5, 5.41) is 7.02. The Hall–Kier alpha value is -1.32. The Balaban J connectivity index is 1.69. The first-order valence-electron chi connectivity index (χ1n) is 7.62. The molecule has 0 atom stereocenters. The van der Waals surface area contributed by atoms with Gasteiger partial charge in [-0.25, -0.2) is 9.97 Å². The second-order valence-electron chi connectivity index (χ2n) is 5.96. The second kappa shape index (κ2) is 5.35. The summed E-state index contributed by atoms with van der Waals surface area (Å²) in [6.07, 6.45) is 6.66. The average molecular weight is 260 g/mol. The van der Waals surface area contributed by atoms with E-state index in [0.717, 1.165) is 42.3 Å². The largest absolute Gasteiger partial charge is 0.370 e. The molecule has 104 valence electrons. The van der Waals surface area contributed by atoms with E-state index < -0.39 is 0 Å². The molecular formula is C15H24N4. The number of aryl methyl sites for hydroxylation is 1. The minimum atomic E-state index is 0.647. The van der Waals surface area contributed by atoms with Gasteiger partial charge in [0.25, 0.3) is 0 Å². The van der Waals surface area contributed by atoms with E-state index in [4.69, 9.17) is 0 Å². The van der Waals surface area contributed by atoms with E-state index in [0.29, 0.717) is 6.04 Å². The van der Waals surface area contributed by atoms with Crippen LogP contribution in [0.3, 0.4) is 0 Å². The first kappa shape index (κ1) is 12.7. The van der Waals surface area contributed by atoms with Gasteiger partial charge in [-0.3, -0.25) is 0 Å². The van der Waals surface area contributed by atoms with Crippen LogP contribution >= 0.6 is 0 Å². The zero-order valence-corrected chi connectivity index (χ0v) is 11.9. The normalized spacial score (nSPS) is 18.7. The monoisotopic (exact) mass is 260 g/mol. The summed E-state index contributed by atoms with van der Waals surface area (Å²) in [6.45, 7) is 5.09. The molecule has 2 fully saturated rings. The van der Waals surface area contributed by atoms with Gasteiger partial charge in [-0.1, -0.05) is 6.92 Å². The van der Waals surface area contributed by atoms with Crippen molar-refractivity contribution in [2.24, 2.45) is 11.8 Å². The maximum Gasteiger partial charge on any atom is 0.132 e. The van der Waals surface area contributed by atoms with Gasteiger partial charge in [-0.2, -0.15) is 0 Å². The molecule has 0 unspecified atom stereocenters. The van der Waals surface area contributed by atoms with Crippen molar-refractivity contribution in [3.63, 3.8) is 0 Å². The molecule has 2 aliphatic rings. The highest BCUT2D eigenvalue weighted by molar-refractivity contribution is 5.48. The lowest BCUT2D eigenvalue weighted by Gasteiger charge is -2.19. The van der Waals surface area contributed by atoms with Crippen molar-refractivity contribution < 1.29 is 0 Å². The van der Waals surface area contributed by atoms with Gasteiger partial charge in [0.05, 0.1) is 0 Å². The molecule has 1 aromatic heterocycles. The van der Waals surface area contributed by atoms with Gasteiger partial charge in [0.1, 0.15) is 17.5 Å². The Labute approximate surface area is 115 Å². The molecule has 0 aliphatic heterocycles. The van der Waals surface area contributed by atoms with Crippen molar-refractivity contribution in [2.75, 3.05) is 17.2 Å². The molecule has 2 aliphatic carbocycles. The Morgan fingerprint density at radius 1 is 1.16 bits per heavy atom. The van der Waals surface area contributed by atoms with Gasteiger partial charge in [0.2, 0.25) is 0 Å². The van der Waals surface area contributed by atoms with Crippen molar-refractivity contribution in [3.8, 4) is 0 Å². The van der Waals surface area contributed by atoms with Crippen LogP contribution in [0.5, 0.6) is 0 Å². The highest BCUT2D eigenvalue weighted by atomic mass is 15.1. The van der Waals surface area contributed by atoms with E-state index in [1.807, 2.05) is 6.92 Å². The third-order valence-electron chi connectivity index (χ3n) is 3.97. The molecule has 2 N–H and O–H groups in total. The Morgan fingerprint density at radius 3 is 2.37 bits per heavy atom. The Bertz CT molecular complexity index is 426. The predicted octanol–water partition coefficient (Wildman–Crippen LogP) is 3.21. The number of anilines is 2. The fourth-order valence-electron chi connectivity index (χ4n) is 2.69. The zero-order valence-electron chi connectivity index (χ0n) is 11.9. The topological polar surface area (TPSA) is 49.8 Å². The first-order valence-corrected chi connectivity index (χ1v) is 7.62. The van der Waals surface area contributed by atoms with Crippen LogP contribution in [0.2, 0.25) is 0 Å². The molecule has 0 radical (unpaired) electrons. The van der Waals surface area contributed by atoms with Crippen LogP contribution < -0.4 is 10.6 Å². The molecule has 0 bridgehead atoms. The lowest BCUT2D eigenvalue weighted by molar-refractivity contribution is 0.565. The lowest BCUT2D eigenvalue weighted by Crippen LogP contribution is -2.25. The van der Waals surface area contributed by atoms with Crippen LogP contribution in [0, 0.1) is 18.8 Å². The number of rotatable bonds is 7. The highest BCUT2D eigenvalue weighted by Gasteiger charge is 2.41. The van der Waals surface area contributed by atoms with Crippen molar-refractivity contribution in [3.05, 3.63) is 11.9 Å². The third kappa shape index (κ3) is 3.37. The van der Waals surface area contributed by atoms with Crippen LogP contribution in [0.25, 0.3) is 0 Å². The lowest BCUT2D eigenvalue weighted by atomic mass is 10.1. The SMILES string of the molecule is CCCNc1cc(NC(C2CC2)C2CC2)nc(C)n1. The number of nitrogens with zero attached hydrogens (tertiary/aromatic N) is 2. The molecule has 0 saturated heterocycles. The van der Waals surface area contributed by atoms with E-state index >= 15 is 0 Å². The minimum absolute atomic E-state index is 0.647. The molecule has 19 heavy (non-hydrogen) atoms. The Morgan fingerprint density at radius 2 is 1.79 bits per heavy atom. The van der Waals surface area contributed by atoms with E-state index in [-0.39, 0.29) is 0 Å². The van der Waals surface area contributed by atoms with Crippen molar-refractivity contribution in [1.29, 1.82) is 0 Å². The van der Waals surface area contributed by atoms with Gasteiger partial charge < -0.3 is 10.6 Å². The van der Waals surface area contributed by atoms with Crippen LogP contribution in [-0.4, -0.2) is 22.6 Å². The van der Waals surface area contributed by atoms with Crippen LogP contribution in [-0.2, 0) is 0 Å². The van der Waals surface area contributed by atoms with Crippen molar-refractivity contribution >= 4 is 11.6 Å². The van der Waals surface area contributed by atoms with Crippen LogP contribution in [0.1, 0.15) is 44.9 Å². The van der Waals surface area contributed by atoms with E-state index in [9.17, 15) is 0 Å². The quantitative estimate of drug-likeness (QED) is 0.790. The summed E-state index contributed by atoms with van der Waals surface area (Å²) in [6, 6.07) is 2.70. The third-order valence-corrected chi connectivity index (χ3v) is 3.97. The molecule has 4 heteroatoms. The zero-order chi connectivity index (χ0) is 13.2. The standard InChI is InChI=1S/C15H24N4/c1-3-8-16-13-9-14(18-10(2)17-13)19-15(11-4-5-11)12-6-7-12/h9,11-12,15H,3-8H2,1-2H3,(H2,16,17,18,19). The maximum atomic E-state index is 4.54. The summed E-state index contributed by atoms with van der Waals surface area (Å²) < 4.78 is 0. The van der Waals surface area contributed by atoms with Gasteiger partial charge in [-0.15, -0.1) is 0 Å². The molecule has 0 aromatic carbocycles. The summed E-state index contributed by atoms with van der Waals surface area (Å²) in [7, 11) is 0. The molecular weight excluding hydrogens is 236 g/mol. The van der Waals surface area contributed by atoms with Gasteiger partial charge in [0.15, 0.2) is 0 Å². The van der Waals surface area contributed by atoms with Crippen LogP contribution in [0.15, 0.2) is 6.07 Å². The maximum absolute atomic E-state index is 4.54. The minimum Gasteiger partial charge on any atom is -0.370 e. The second-order valence-corrected chi connectivity index (χ2v) is 5.96. The smallest absolute Gasteiger partial charge is 0.132 e. The first-order chi connectivity index (χ1) is 9.26. The molecule has 0 amide bonds. The highest BCUT2D eigenvalue weighted by Crippen LogP contribution is 2.45. The fourth-order valence-corrected chi connectivity index (χ4v) is 2.69. The molecule has 4 nitrogen and oxygen atoms in total.